The molecule has 0 spiro atoms. The van der Waals surface area contributed by atoms with Gasteiger partial charge in [0, 0.05) is 6.42 Å². The van der Waals surface area contributed by atoms with Gasteiger partial charge in [-0.2, -0.15) is 0 Å². The van der Waals surface area contributed by atoms with Gasteiger partial charge >= 0.3 is 5.97 Å². The van der Waals surface area contributed by atoms with Crippen molar-refractivity contribution in [2.75, 3.05) is 0 Å². The zero-order valence-electron chi connectivity index (χ0n) is 6.59. The van der Waals surface area contributed by atoms with E-state index in [-0.39, 0.29) is 5.97 Å². The Kier molecular flexibility index (Phi) is 4.86. The summed E-state index contributed by atoms with van der Waals surface area (Å²) in [7, 11) is 0. The molecular formula is C7H11ClO3. The third kappa shape index (κ3) is 4.79. The quantitative estimate of drug-likeness (QED) is 0.484. The number of halogens is 1. The van der Waals surface area contributed by atoms with Gasteiger partial charge in [-0.3, -0.25) is 9.59 Å². The molecule has 0 bridgehead atoms. The summed E-state index contributed by atoms with van der Waals surface area (Å²) >= 11 is 5.06. The van der Waals surface area contributed by atoms with Crippen LogP contribution in [0.1, 0.15) is 26.7 Å². The average molecular weight is 179 g/mol. The third-order valence-electron chi connectivity index (χ3n) is 1.08. The predicted molar refractivity (Wildman–Crippen MR) is 41.3 cm³/mol. The first-order valence-electron chi connectivity index (χ1n) is 3.46. The number of ether oxygens (including phenoxy) is 1. The summed E-state index contributed by atoms with van der Waals surface area (Å²) in [6, 6.07) is 0. The lowest BCUT2D eigenvalue weighted by molar-refractivity contribution is -0.151. The lowest BCUT2D eigenvalue weighted by Gasteiger charge is -2.07. The highest BCUT2D eigenvalue weighted by Gasteiger charge is 2.13. The number of hydrogen-bond acceptors (Lipinski definition) is 3. The van der Waals surface area contributed by atoms with Crippen LogP contribution in [0.25, 0.3) is 0 Å². The first-order valence-corrected chi connectivity index (χ1v) is 3.84. The van der Waals surface area contributed by atoms with Crippen LogP contribution in [-0.2, 0) is 14.3 Å². The maximum Gasteiger partial charge on any atom is 0.306 e. The van der Waals surface area contributed by atoms with Gasteiger partial charge in [-0.25, -0.2) is 0 Å². The monoisotopic (exact) mass is 178 g/mol. The predicted octanol–water partition coefficient (Wildman–Crippen LogP) is 1.48. The van der Waals surface area contributed by atoms with Crippen LogP contribution in [0.3, 0.4) is 0 Å². The molecular weight excluding hydrogens is 168 g/mol. The Morgan fingerprint density at radius 3 is 2.45 bits per heavy atom. The molecule has 0 radical (unpaired) electrons. The smallest absolute Gasteiger partial charge is 0.306 e. The Morgan fingerprint density at radius 1 is 1.55 bits per heavy atom. The van der Waals surface area contributed by atoms with Crippen LogP contribution >= 0.6 is 11.6 Å². The van der Waals surface area contributed by atoms with Crippen LogP contribution in [0.4, 0.5) is 0 Å². The average Bonchev–Trinajstić information content (AvgIpc) is 1.87. The van der Waals surface area contributed by atoms with E-state index < -0.39 is 11.3 Å². The van der Waals surface area contributed by atoms with Gasteiger partial charge < -0.3 is 4.74 Å². The summed E-state index contributed by atoms with van der Waals surface area (Å²) in [5.74, 6) is -0.381. The standard InChI is InChI=1S/C7H11ClO3/c1-3-4-6(9)11-5(2)7(8)10/h5H,3-4H2,1-2H3. The molecule has 0 saturated heterocycles. The van der Waals surface area contributed by atoms with Crippen LogP contribution in [0.2, 0.25) is 0 Å². The van der Waals surface area contributed by atoms with Crippen molar-refractivity contribution in [1.29, 1.82) is 0 Å². The molecule has 0 aliphatic heterocycles. The van der Waals surface area contributed by atoms with Crippen molar-refractivity contribution in [2.24, 2.45) is 0 Å². The summed E-state index contributed by atoms with van der Waals surface area (Å²) in [4.78, 5) is 21.1. The molecule has 0 aromatic rings. The van der Waals surface area contributed by atoms with Gasteiger partial charge in [0.25, 0.3) is 5.24 Å². The maximum absolute atomic E-state index is 10.7. The lowest BCUT2D eigenvalue weighted by atomic mass is 10.3. The highest BCUT2D eigenvalue weighted by atomic mass is 35.5. The molecule has 11 heavy (non-hydrogen) atoms. The molecule has 0 rings (SSSR count). The molecule has 0 aliphatic rings. The van der Waals surface area contributed by atoms with Crippen LogP contribution in [0.15, 0.2) is 0 Å². The number of rotatable bonds is 4. The Labute approximate surface area is 70.7 Å². The molecule has 1 atom stereocenters. The number of hydrogen-bond donors (Lipinski definition) is 0. The summed E-state index contributed by atoms with van der Waals surface area (Å²) < 4.78 is 4.63. The van der Waals surface area contributed by atoms with E-state index in [1.165, 1.54) is 6.92 Å². The van der Waals surface area contributed by atoms with Gasteiger partial charge in [0.2, 0.25) is 0 Å². The van der Waals surface area contributed by atoms with Crippen molar-refractivity contribution in [3.63, 3.8) is 0 Å². The van der Waals surface area contributed by atoms with E-state index >= 15 is 0 Å². The molecule has 1 unspecified atom stereocenters. The van der Waals surface area contributed by atoms with E-state index in [9.17, 15) is 9.59 Å². The topological polar surface area (TPSA) is 43.4 Å². The molecule has 0 aromatic carbocycles. The van der Waals surface area contributed by atoms with Crippen LogP contribution < -0.4 is 0 Å². The van der Waals surface area contributed by atoms with Gasteiger partial charge in [0.15, 0.2) is 6.10 Å². The van der Waals surface area contributed by atoms with E-state index in [1.807, 2.05) is 6.92 Å². The molecule has 64 valence electrons. The number of carbonyl (C=O) groups is 2. The summed E-state index contributed by atoms with van der Waals surface area (Å²) in [6.45, 7) is 3.30. The molecule has 4 heteroatoms. The molecule has 0 amide bonds. The molecule has 3 nitrogen and oxygen atoms in total. The van der Waals surface area contributed by atoms with Crippen LogP contribution in [-0.4, -0.2) is 17.3 Å². The summed E-state index contributed by atoms with van der Waals surface area (Å²) in [5.41, 5.74) is 0. The normalized spacial score (nSPS) is 12.3. The molecule has 0 aromatic heterocycles. The Balaban J connectivity index is 3.66. The first kappa shape index (κ1) is 10.4. The Hall–Kier alpha value is -0.570. The van der Waals surface area contributed by atoms with Crippen LogP contribution in [0, 0.1) is 0 Å². The molecule has 0 heterocycles. The van der Waals surface area contributed by atoms with Crippen molar-refractivity contribution >= 4 is 22.8 Å². The molecule has 0 aliphatic carbocycles. The van der Waals surface area contributed by atoms with Crippen molar-refractivity contribution in [1.82, 2.24) is 0 Å². The Bertz CT molecular complexity index is 156. The van der Waals surface area contributed by atoms with Crippen molar-refractivity contribution in [3.8, 4) is 0 Å². The first-order chi connectivity index (χ1) is 5.07. The fraction of sp³-hybridized carbons (Fsp3) is 0.714. The maximum atomic E-state index is 10.7. The van der Waals surface area contributed by atoms with Crippen molar-refractivity contribution in [2.45, 2.75) is 32.8 Å². The van der Waals surface area contributed by atoms with E-state index in [4.69, 9.17) is 11.6 Å². The second-order valence-corrected chi connectivity index (χ2v) is 2.56. The molecule has 0 N–H and O–H groups in total. The number of esters is 1. The second kappa shape index (κ2) is 5.13. The molecule has 0 fully saturated rings. The van der Waals surface area contributed by atoms with Gasteiger partial charge in [0.05, 0.1) is 0 Å². The van der Waals surface area contributed by atoms with Crippen molar-refractivity contribution < 1.29 is 14.3 Å². The third-order valence-corrected chi connectivity index (χ3v) is 1.39. The lowest BCUT2D eigenvalue weighted by Crippen LogP contribution is -2.19. The van der Waals surface area contributed by atoms with Gasteiger partial charge in [-0.15, -0.1) is 0 Å². The molecule has 0 saturated carbocycles. The minimum absolute atomic E-state index is 0.328. The summed E-state index contributed by atoms with van der Waals surface area (Å²) in [6.07, 6.45) is 0.215. The second-order valence-electron chi connectivity index (χ2n) is 2.19. The van der Waals surface area contributed by atoms with Crippen molar-refractivity contribution in [3.05, 3.63) is 0 Å². The van der Waals surface area contributed by atoms with Gasteiger partial charge in [0.1, 0.15) is 0 Å². The minimum Gasteiger partial charge on any atom is -0.453 e. The van der Waals surface area contributed by atoms with Gasteiger partial charge in [-0.05, 0) is 24.9 Å². The van der Waals surface area contributed by atoms with Crippen LogP contribution in [0.5, 0.6) is 0 Å². The zero-order chi connectivity index (χ0) is 8.85. The SMILES string of the molecule is CCCC(=O)OC(C)C(=O)Cl. The minimum atomic E-state index is -0.823. The van der Waals surface area contributed by atoms with E-state index in [0.29, 0.717) is 12.8 Å². The highest BCUT2D eigenvalue weighted by molar-refractivity contribution is 6.64. The summed E-state index contributed by atoms with van der Waals surface area (Å²) in [5, 5.41) is -0.644. The fourth-order valence-corrected chi connectivity index (χ4v) is 0.551. The number of carbonyl (C=O) groups excluding carboxylic acids is 2. The zero-order valence-corrected chi connectivity index (χ0v) is 7.35. The highest BCUT2D eigenvalue weighted by Crippen LogP contribution is 2.00. The van der Waals surface area contributed by atoms with E-state index in [2.05, 4.69) is 4.74 Å². The van der Waals surface area contributed by atoms with E-state index in [0.717, 1.165) is 0 Å². The Morgan fingerprint density at radius 2 is 2.09 bits per heavy atom. The van der Waals surface area contributed by atoms with Gasteiger partial charge in [-0.1, -0.05) is 6.92 Å². The largest absolute Gasteiger partial charge is 0.453 e. The fourth-order valence-electron chi connectivity index (χ4n) is 0.507. The van der Waals surface area contributed by atoms with E-state index in [1.54, 1.807) is 0 Å².